The summed E-state index contributed by atoms with van der Waals surface area (Å²) in [6.07, 6.45) is 2.10. The molecule has 2 N–H and O–H groups in total. The minimum Gasteiger partial charge on any atom is -0.496 e. The molecule has 2 aromatic carbocycles. The zero-order valence-corrected chi connectivity index (χ0v) is 11.4. The Kier molecular flexibility index (Phi) is 3.03. The van der Waals surface area contributed by atoms with Gasteiger partial charge in [-0.2, -0.15) is 0 Å². The fraction of sp³-hybridized carbons (Fsp3) is 0.294. The molecule has 2 heteroatoms. The highest BCUT2D eigenvalue weighted by molar-refractivity contribution is 5.75. The van der Waals surface area contributed by atoms with Crippen LogP contribution in [0, 0.1) is 6.92 Å². The molecule has 0 saturated heterocycles. The third-order valence-corrected chi connectivity index (χ3v) is 3.96. The zero-order valence-electron chi connectivity index (χ0n) is 11.4. The lowest BCUT2D eigenvalue weighted by molar-refractivity contribution is 0.416. The number of aryl methyl sites for hydroxylation is 1. The molecule has 19 heavy (non-hydrogen) atoms. The molecule has 0 bridgehead atoms. The molecule has 0 spiro atoms. The minimum absolute atomic E-state index is 0.186. The first-order chi connectivity index (χ1) is 9.20. The average Bonchev–Trinajstić information content (AvgIpc) is 2.81. The van der Waals surface area contributed by atoms with E-state index in [4.69, 9.17) is 10.5 Å². The van der Waals surface area contributed by atoms with Crippen molar-refractivity contribution < 1.29 is 4.74 Å². The van der Waals surface area contributed by atoms with E-state index in [1.807, 2.05) is 6.07 Å². The van der Waals surface area contributed by atoms with Crippen molar-refractivity contribution in [1.82, 2.24) is 0 Å². The summed E-state index contributed by atoms with van der Waals surface area (Å²) in [6.45, 7) is 2.11. The first-order valence-electron chi connectivity index (χ1n) is 6.73. The molecule has 0 radical (unpaired) electrons. The Bertz CT molecular complexity index is 619. The van der Waals surface area contributed by atoms with E-state index in [0.29, 0.717) is 0 Å². The van der Waals surface area contributed by atoms with E-state index in [1.54, 1.807) is 7.11 Å². The highest BCUT2D eigenvalue weighted by atomic mass is 16.5. The molecule has 0 aromatic heterocycles. The number of methoxy groups -OCH3 is 1. The molecule has 98 valence electrons. The van der Waals surface area contributed by atoms with Crippen LogP contribution in [-0.4, -0.2) is 7.11 Å². The van der Waals surface area contributed by atoms with Crippen LogP contribution in [0.3, 0.4) is 0 Å². The molecule has 1 atom stereocenters. The van der Waals surface area contributed by atoms with Crippen molar-refractivity contribution >= 4 is 0 Å². The molecule has 0 aliphatic heterocycles. The van der Waals surface area contributed by atoms with Crippen molar-refractivity contribution in [3.05, 3.63) is 53.1 Å². The molecule has 0 saturated carbocycles. The van der Waals surface area contributed by atoms with Crippen molar-refractivity contribution in [2.45, 2.75) is 25.8 Å². The summed E-state index contributed by atoms with van der Waals surface area (Å²) >= 11 is 0. The van der Waals surface area contributed by atoms with Gasteiger partial charge >= 0.3 is 0 Å². The van der Waals surface area contributed by atoms with Gasteiger partial charge in [-0.1, -0.05) is 29.8 Å². The normalized spacial score (nSPS) is 17.3. The van der Waals surface area contributed by atoms with Gasteiger partial charge in [0.15, 0.2) is 0 Å². The minimum atomic E-state index is 0.186. The SMILES string of the molecule is COc1ccc(C)cc1-c1cccc2c1CCC2N. The Balaban J connectivity index is 2.21. The van der Waals surface area contributed by atoms with Crippen LogP contribution >= 0.6 is 0 Å². The maximum Gasteiger partial charge on any atom is 0.126 e. The number of fused-ring (bicyclic) bond motifs is 1. The summed E-state index contributed by atoms with van der Waals surface area (Å²) < 4.78 is 5.51. The van der Waals surface area contributed by atoms with Gasteiger partial charge in [-0.3, -0.25) is 0 Å². The van der Waals surface area contributed by atoms with E-state index >= 15 is 0 Å². The monoisotopic (exact) mass is 253 g/mol. The van der Waals surface area contributed by atoms with Gasteiger partial charge in [0.05, 0.1) is 7.11 Å². The van der Waals surface area contributed by atoms with Gasteiger partial charge in [0, 0.05) is 11.6 Å². The van der Waals surface area contributed by atoms with Crippen LogP contribution in [0.2, 0.25) is 0 Å². The van der Waals surface area contributed by atoms with Crippen LogP contribution in [-0.2, 0) is 6.42 Å². The quantitative estimate of drug-likeness (QED) is 0.887. The third kappa shape index (κ3) is 2.02. The summed E-state index contributed by atoms with van der Waals surface area (Å²) in [4.78, 5) is 0. The Morgan fingerprint density at radius 3 is 2.79 bits per heavy atom. The smallest absolute Gasteiger partial charge is 0.126 e. The number of ether oxygens (including phenoxy) is 1. The molecule has 2 nitrogen and oxygen atoms in total. The summed E-state index contributed by atoms with van der Waals surface area (Å²) in [5, 5.41) is 0. The van der Waals surface area contributed by atoms with Crippen LogP contribution < -0.4 is 10.5 Å². The van der Waals surface area contributed by atoms with Crippen molar-refractivity contribution in [3.63, 3.8) is 0 Å². The van der Waals surface area contributed by atoms with Crippen LogP contribution in [0.4, 0.5) is 0 Å². The van der Waals surface area contributed by atoms with Gasteiger partial charge in [0.1, 0.15) is 5.75 Å². The van der Waals surface area contributed by atoms with Crippen molar-refractivity contribution in [2.75, 3.05) is 7.11 Å². The third-order valence-electron chi connectivity index (χ3n) is 3.96. The lowest BCUT2D eigenvalue weighted by atomic mass is 9.95. The second-order valence-electron chi connectivity index (χ2n) is 5.22. The molecule has 1 unspecified atom stereocenters. The molecule has 0 amide bonds. The fourth-order valence-corrected chi connectivity index (χ4v) is 2.97. The van der Waals surface area contributed by atoms with Crippen LogP contribution in [0.15, 0.2) is 36.4 Å². The second-order valence-corrected chi connectivity index (χ2v) is 5.22. The van der Waals surface area contributed by atoms with Crippen molar-refractivity contribution in [1.29, 1.82) is 0 Å². The molecule has 1 aliphatic carbocycles. The number of rotatable bonds is 2. The topological polar surface area (TPSA) is 35.2 Å². The Morgan fingerprint density at radius 1 is 1.16 bits per heavy atom. The van der Waals surface area contributed by atoms with Gasteiger partial charge in [0.25, 0.3) is 0 Å². The maximum atomic E-state index is 6.16. The zero-order chi connectivity index (χ0) is 13.4. The maximum absolute atomic E-state index is 6.16. The summed E-state index contributed by atoms with van der Waals surface area (Å²) in [7, 11) is 1.73. The van der Waals surface area contributed by atoms with Crippen LogP contribution in [0.5, 0.6) is 5.75 Å². The van der Waals surface area contributed by atoms with Crippen molar-refractivity contribution in [2.24, 2.45) is 5.73 Å². The summed E-state index contributed by atoms with van der Waals surface area (Å²) in [6, 6.07) is 12.9. The first-order valence-corrected chi connectivity index (χ1v) is 6.73. The molecular formula is C17H19NO. The van der Waals surface area contributed by atoms with E-state index in [-0.39, 0.29) is 6.04 Å². The second kappa shape index (κ2) is 4.71. The summed E-state index contributed by atoms with van der Waals surface area (Å²) in [5.74, 6) is 0.930. The molecular weight excluding hydrogens is 234 g/mol. The van der Waals surface area contributed by atoms with E-state index in [1.165, 1.54) is 27.8 Å². The van der Waals surface area contributed by atoms with E-state index in [0.717, 1.165) is 18.6 Å². The largest absolute Gasteiger partial charge is 0.496 e. The average molecular weight is 253 g/mol. The van der Waals surface area contributed by atoms with Crippen LogP contribution in [0.25, 0.3) is 11.1 Å². The number of benzene rings is 2. The molecule has 2 aromatic rings. The van der Waals surface area contributed by atoms with Crippen LogP contribution in [0.1, 0.15) is 29.2 Å². The Morgan fingerprint density at radius 2 is 2.00 bits per heavy atom. The lowest BCUT2D eigenvalue weighted by Crippen LogP contribution is -2.05. The molecule has 1 aliphatic rings. The number of nitrogens with two attached hydrogens (primary N) is 1. The molecule has 3 rings (SSSR count). The number of hydrogen-bond acceptors (Lipinski definition) is 2. The van der Waals surface area contributed by atoms with Gasteiger partial charge in [-0.05, 0) is 48.6 Å². The lowest BCUT2D eigenvalue weighted by Gasteiger charge is -2.14. The van der Waals surface area contributed by atoms with E-state index < -0.39 is 0 Å². The van der Waals surface area contributed by atoms with Gasteiger partial charge in [-0.15, -0.1) is 0 Å². The predicted molar refractivity (Wildman–Crippen MR) is 78.4 cm³/mol. The Labute approximate surface area is 114 Å². The van der Waals surface area contributed by atoms with Gasteiger partial charge in [-0.25, -0.2) is 0 Å². The predicted octanol–water partition coefficient (Wildman–Crippen LogP) is 3.62. The van der Waals surface area contributed by atoms with E-state index in [2.05, 4.69) is 37.3 Å². The highest BCUT2D eigenvalue weighted by Crippen LogP contribution is 2.40. The van der Waals surface area contributed by atoms with Crippen molar-refractivity contribution in [3.8, 4) is 16.9 Å². The molecule has 0 heterocycles. The molecule has 0 fully saturated rings. The summed E-state index contributed by atoms with van der Waals surface area (Å²) in [5.41, 5.74) is 12.5. The highest BCUT2D eigenvalue weighted by Gasteiger charge is 2.22. The van der Waals surface area contributed by atoms with E-state index in [9.17, 15) is 0 Å². The Hall–Kier alpha value is -1.80. The number of hydrogen-bond donors (Lipinski definition) is 1. The first kappa shape index (κ1) is 12.2. The van der Waals surface area contributed by atoms with Gasteiger partial charge < -0.3 is 10.5 Å². The standard InChI is InChI=1S/C17H19NO/c1-11-6-9-17(19-2)15(10-11)12-4-3-5-14-13(12)7-8-16(14)18/h3-6,9-10,16H,7-8,18H2,1-2H3. The fourth-order valence-electron chi connectivity index (χ4n) is 2.97. The van der Waals surface area contributed by atoms with Gasteiger partial charge in [0.2, 0.25) is 0 Å².